The van der Waals surface area contributed by atoms with Crippen LogP contribution in [0.5, 0.6) is 0 Å². The summed E-state index contributed by atoms with van der Waals surface area (Å²) in [6.07, 6.45) is -3.99. The first-order chi connectivity index (χ1) is 8.77. The molecular formula is C11H17F3N4O. The average molecular weight is 278 g/mol. The Bertz CT molecular complexity index is 419. The van der Waals surface area contributed by atoms with Crippen molar-refractivity contribution < 1.29 is 18.3 Å². The molecule has 0 radical (unpaired) electrons. The van der Waals surface area contributed by atoms with E-state index in [1.54, 1.807) is 21.0 Å². The summed E-state index contributed by atoms with van der Waals surface area (Å²) in [5.74, 6) is 0.0112. The summed E-state index contributed by atoms with van der Waals surface area (Å²) in [6, 6.07) is 0.504. The summed E-state index contributed by atoms with van der Waals surface area (Å²) in [7, 11) is 3.19. The minimum atomic E-state index is -4.54. The Kier molecular flexibility index (Phi) is 4.93. The highest BCUT2D eigenvalue weighted by Crippen LogP contribution is 2.30. The number of hydrogen-bond acceptors (Lipinski definition) is 5. The van der Waals surface area contributed by atoms with Crippen molar-refractivity contribution >= 4 is 11.8 Å². The molecule has 0 fully saturated rings. The number of aromatic nitrogens is 2. The highest BCUT2D eigenvalue weighted by atomic mass is 19.4. The van der Waals surface area contributed by atoms with Gasteiger partial charge < -0.3 is 15.3 Å². The van der Waals surface area contributed by atoms with Crippen LogP contribution in [0.15, 0.2) is 6.07 Å². The third kappa shape index (κ3) is 4.23. The fourth-order valence-corrected chi connectivity index (χ4v) is 1.33. The third-order valence-electron chi connectivity index (χ3n) is 2.51. The van der Waals surface area contributed by atoms with Gasteiger partial charge in [-0.05, 0) is 6.42 Å². The minimum Gasteiger partial charge on any atom is -0.394 e. The Hall–Kier alpha value is -1.57. The first-order valence-electron chi connectivity index (χ1n) is 5.79. The van der Waals surface area contributed by atoms with Crippen LogP contribution in [-0.4, -0.2) is 41.8 Å². The van der Waals surface area contributed by atoms with Gasteiger partial charge in [-0.15, -0.1) is 0 Å². The number of nitrogens with one attached hydrogen (secondary N) is 1. The van der Waals surface area contributed by atoms with E-state index in [1.165, 1.54) is 4.90 Å². The van der Waals surface area contributed by atoms with Crippen molar-refractivity contribution in [3.8, 4) is 0 Å². The van der Waals surface area contributed by atoms with Gasteiger partial charge in [-0.25, -0.2) is 4.98 Å². The Morgan fingerprint density at radius 1 is 1.37 bits per heavy atom. The van der Waals surface area contributed by atoms with E-state index in [-0.39, 0.29) is 24.4 Å². The smallest absolute Gasteiger partial charge is 0.394 e. The summed E-state index contributed by atoms with van der Waals surface area (Å²) in [5.41, 5.74) is -1.01. The topological polar surface area (TPSA) is 61.3 Å². The van der Waals surface area contributed by atoms with Crippen molar-refractivity contribution in [3.63, 3.8) is 0 Å². The van der Waals surface area contributed by atoms with E-state index >= 15 is 0 Å². The molecule has 0 unspecified atom stereocenters. The second-order valence-electron chi connectivity index (χ2n) is 4.26. The van der Waals surface area contributed by atoms with Gasteiger partial charge in [-0.2, -0.15) is 18.2 Å². The standard InChI is InChI=1S/C11H17F3N4O/c1-4-7(6-19)15-10-16-8(11(12,13)14)5-9(17-10)18(2)3/h5,7,19H,4,6H2,1-3H3,(H,15,16,17)/t7-/m0/s1. The first-order valence-corrected chi connectivity index (χ1v) is 5.79. The summed E-state index contributed by atoms with van der Waals surface area (Å²) in [5, 5.41) is 11.7. The van der Waals surface area contributed by atoms with E-state index in [0.29, 0.717) is 6.42 Å². The molecule has 1 heterocycles. The van der Waals surface area contributed by atoms with Crippen molar-refractivity contribution in [2.24, 2.45) is 0 Å². The molecule has 1 atom stereocenters. The van der Waals surface area contributed by atoms with Crippen LogP contribution < -0.4 is 10.2 Å². The van der Waals surface area contributed by atoms with Crippen molar-refractivity contribution in [2.75, 3.05) is 30.9 Å². The zero-order valence-electron chi connectivity index (χ0n) is 11.0. The van der Waals surface area contributed by atoms with E-state index < -0.39 is 11.9 Å². The van der Waals surface area contributed by atoms with Crippen LogP contribution in [0, 0.1) is 0 Å². The van der Waals surface area contributed by atoms with Gasteiger partial charge in [0, 0.05) is 20.2 Å². The maximum absolute atomic E-state index is 12.7. The van der Waals surface area contributed by atoms with Crippen LogP contribution >= 0.6 is 0 Å². The summed E-state index contributed by atoms with van der Waals surface area (Å²) in [4.78, 5) is 8.87. The number of anilines is 2. The van der Waals surface area contributed by atoms with E-state index in [2.05, 4.69) is 15.3 Å². The van der Waals surface area contributed by atoms with Gasteiger partial charge in [0.15, 0.2) is 5.69 Å². The SMILES string of the molecule is CC[C@@H](CO)Nc1nc(N(C)C)cc(C(F)(F)F)n1. The molecule has 108 valence electrons. The monoisotopic (exact) mass is 278 g/mol. The first kappa shape index (κ1) is 15.5. The highest BCUT2D eigenvalue weighted by molar-refractivity contribution is 5.44. The van der Waals surface area contributed by atoms with Crippen molar-refractivity contribution in [1.29, 1.82) is 0 Å². The molecule has 0 spiro atoms. The molecule has 0 aliphatic rings. The average Bonchev–Trinajstić information content (AvgIpc) is 2.34. The lowest BCUT2D eigenvalue weighted by Crippen LogP contribution is -2.25. The molecule has 0 saturated carbocycles. The Morgan fingerprint density at radius 2 is 2.00 bits per heavy atom. The third-order valence-corrected chi connectivity index (χ3v) is 2.51. The fraction of sp³-hybridized carbons (Fsp3) is 0.636. The zero-order chi connectivity index (χ0) is 14.6. The van der Waals surface area contributed by atoms with E-state index in [4.69, 9.17) is 5.11 Å². The maximum atomic E-state index is 12.7. The normalized spacial score (nSPS) is 13.2. The molecule has 0 aliphatic carbocycles. The molecule has 0 aliphatic heterocycles. The van der Waals surface area contributed by atoms with Gasteiger partial charge in [0.2, 0.25) is 5.95 Å². The van der Waals surface area contributed by atoms with Crippen LogP contribution in [0.4, 0.5) is 24.9 Å². The maximum Gasteiger partial charge on any atom is 0.433 e. The molecule has 1 aromatic heterocycles. The minimum absolute atomic E-state index is 0.139. The van der Waals surface area contributed by atoms with Crippen LogP contribution in [0.3, 0.4) is 0 Å². The lowest BCUT2D eigenvalue weighted by molar-refractivity contribution is -0.141. The predicted molar refractivity (Wildman–Crippen MR) is 66.1 cm³/mol. The lowest BCUT2D eigenvalue weighted by atomic mass is 10.2. The number of alkyl halides is 3. The van der Waals surface area contributed by atoms with Crippen LogP contribution in [0.2, 0.25) is 0 Å². The molecule has 5 nitrogen and oxygen atoms in total. The Labute approximate surface area is 109 Å². The Balaban J connectivity index is 3.13. The van der Waals surface area contributed by atoms with Gasteiger partial charge in [0.1, 0.15) is 5.82 Å². The Morgan fingerprint density at radius 3 is 2.42 bits per heavy atom. The molecule has 19 heavy (non-hydrogen) atoms. The second-order valence-corrected chi connectivity index (χ2v) is 4.26. The lowest BCUT2D eigenvalue weighted by Gasteiger charge is -2.18. The van der Waals surface area contributed by atoms with Crippen molar-refractivity contribution in [2.45, 2.75) is 25.6 Å². The number of nitrogens with zero attached hydrogens (tertiary/aromatic N) is 3. The molecule has 0 amide bonds. The predicted octanol–water partition coefficient (Wildman–Crippen LogP) is 1.74. The van der Waals surface area contributed by atoms with Crippen molar-refractivity contribution in [1.82, 2.24) is 9.97 Å². The molecule has 0 aromatic carbocycles. The number of rotatable bonds is 5. The van der Waals surface area contributed by atoms with Crippen LogP contribution in [0.25, 0.3) is 0 Å². The molecule has 2 N–H and O–H groups in total. The van der Waals surface area contributed by atoms with Gasteiger partial charge >= 0.3 is 6.18 Å². The summed E-state index contributed by atoms with van der Waals surface area (Å²) < 4.78 is 38.2. The summed E-state index contributed by atoms with van der Waals surface area (Å²) in [6.45, 7) is 1.60. The van der Waals surface area contributed by atoms with E-state index in [9.17, 15) is 13.2 Å². The number of hydrogen-bond donors (Lipinski definition) is 2. The van der Waals surface area contributed by atoms with Crippen molar-refractivity contribution in [3.05, 3.63) is 11.8 Å². The van der Waals surface area contributed by atoms with Crippen LogP contribution in [0.1, 0.15) is 19.0 Å². The molecule has 0 bridgehead atoms. The molecule has 8 heteroatoms. The zero-order valence-corrected chi connectivity index (χ0v) is 11.0. The number of aliphatic hydroxyl groups excluding tert-OH is 1. The highest BCUT2D eigenvalue weighted by Gasteiger charge is 2.34. The van der Waals surface area contributed by atoms with E-state index in [0.717, 1.165) is 6.07 Å². The van der Waals surface area contributed by atoms with Gasteiger partial charge in [0.05, 0.1) is 12.6 Å². The second kappa shape index (κ2) is 6.05. The van der Waals surface area contributed by atoms with Gasteiger partial charge in [0.25, 0.3) is 0 Å². The van der Waals surface area contributed by atoms with E-state index in [1.807, 2.05) is 0 Å². The molecule has 1 aromatic rings. The van der Waals surface area contributed by atoms with Gasteiger partial charge in [-0.1, -0.05) is 6.92 Å². The molecule has 1 rings (SSSR count). The largest absolute Gasteiger partial charge is 0.433 e. The quantitative estimate of drug-likeness (QED) is 0.859. The van der Waals surface area contributed by atoms with Gasteiger partial charge in [-0.3, -0.25) is 0 Å². The molecule has 0 saturated heterocycles. The summed E-state index contributed by atoms with van der Waals surface area (Å²) >= 11 is 0. The number of halogens is 3. The fourth-order valence-electron chi connectivity index (χ4n) is 1.33. The number of aliphatic hydroxyl groups is 1. The molecular weight excluding hydrogens is 261 g/mol. The van der Waals surface area contributed by atoms with Crippen LogP contribution in [-0.2, 0) is 6.18 Å².